The Morgan fingerprint density at radius 2 is 1.09 bits per heavy atom. The zero-order chi connectivity index (χ0) is 15.1. The van der Waals surface area contributed by atoms with Crippen molar-refractivity contribution in [1.82, 2.24) is 0 Å². The van der Waals surface area contributed by atoms with Gasteiger partial charge in [-0.25, -0.2) is 0 Å². The van der Waals surface area contributed by atoms with E-state index in [0.29, 0.717) is 0 Å². The van der Waals surface area contributed by atoms with Crippen LogP contribution in [-0.2, 0) is 0 Å². The van der Waals surface area contributed by atoms with Gasteiger partial charge in [-0.05, 0) is 25.7 Å². The topological polar surface area (TPSA) is 76.8 Å². The molecule has 0 spiro atoms. The summed E-state index contributed by atoms with van der Waals surface area (Å²) in [5, 5.41) is 1.46. The fourth-order valence-electron chi connectivity index (χ4n) is 1.34. The fourth-order valence-corrected chi connectivity index (χ4v) is 2.82. The van der Waals surface area contributed by atoms with Crippen LogP contribution in [0.2, 0.25) is 0 Å². The summed E-state index contributed by atoms with van der Waals surface area (Å²) < 4.78 is 0. The van der Waals surface area contributed by atoms with E-state index in [9.17, 15) is 0 Å². The van der Waals surface area contributed by atoms with Crippen LogP contribution in [0.4, 0.5) is 0 Å². The molecule has 0 unspecified atom stereocenters. The summed E-state index contributed by atoms with van der Waals surface area (Å²) in [7, 11) is 0. The van der Waals surface area contributed by atoms with Crippen molar-refractivity contribution in [3.05, 3.63) is 0 Å². The first kappa shape index (κ1) is 27.4. The molecular weight excluding hydrogens is 448 g/mol. The molecule has 4 nitrogen and oxygen atoms in total. The van der Waals surface area contributed by atoms with Crippen LogP contribution < -0.4 is 11.5 Å². The smallest absolute Gasteiger partial charge is 0.153 e. The van der Waals surface area contributed by atoms with Crippen LogP contribution in [-0.4, -0.2) is 34.9 Å². The minimum Gasteiger partial charge on any atom is -0.379 e. The number of unbranched alkanes of at least 4 members (excludes halogenated alkanes) is 3. The van der Waals surface area contributed by atoms with Gasteiger partial charge >= 0.3 is 0 Å². The third-order valence-electron chi connectivity index (χ3n) is 2.60. The van der Waals surface area contributed by atoms with Gasteiger partial charge in [-0.2, -0.15) is 0 Å². The lowest BCUT2D eigenvalue weighted by atomic mass is 10.3. The van der Waals surface area contributed by atoms with E-state index in [1.165, 1.54) is 12.8 Å². The lowest BCUT2D eigenvalue weighted by Gasteiger charge is -2.02. The largest absolute Gasteiger partial charge is 0.379 e. The molecule has 22 heavy (non-hydrogen) atoms. The first-order chi connectivity index (χ1) is 9.70. The number of halogens is 2. The van der Waals surface area contributed by atoms with Gasteiger partial charge in [0.15, 0.2) is 10.3 Å². The average Bonchev–Trinajstić information content (AvgIpc) is 2.43. The number of amidine groups is 2. The van der Waals surface area contributed by atoms with Crippen molar-refractivity contribution in [2.45, 2.75) is 52.4 Å². The molecule has 0 fully saturated rings. The van der Waals surface area contributed by atoms with Crippen molar-refractivity contribution in [2.24, 2.45) is 21.5 Å². The van der Waals surface area contributed by atoms with Gasteiger partial charge in [0.1, 0.15) is 0 Å². The number of aliphatic imine (C=N–C) groups is 2. The molecule has 0 aliphatic carbocycles. The molecule has 0 aromatic rings. The van der Waals surface area contributed by atoms with Gasteiger partial charge in [0, 0.05) is 24.6 Å². The van der Waals surface area contributed by atoms with Gasteiger partial charge in [-0.3, -0.25) is 9.98 Å². The third-order valence-corrected chi connectivity index (χ3v) is 4.43. The van der Waals surface area contributed by atoms with Gasteiger partial charge in [-0.1, -0.05) is 50.2 Å². The number of hydrogen-bond acceptors (Lipinski definition) is 4. The van der Waals surface area contributed by atoms with Crippen molar-refractivity contribution in [2.75, 3.05) is 24.6 Å². The van der Waals surface area contributed by atoms with Gasteiger partial charge in [0.25, 0.3) is 0 Å². The predicted molar refractivity (Wildman–Crippen MR) is 118 cm³/mol. The molecule has 4 N–H and O–H groups in total. The molecule has 134 valence electrons. The molecule has 0 aliphatic rings. The summed E-state index contributed by atoms with van der Waals surface area (Å²) in [6.07, 6.45) is 6.86. The highest BCUT2D eigenvalue weighted by Crippen LogP contribution is 2.09. The Morgan fingerprint density at radius 1 is 0.727 bits per heavy atom. The van der Waals surface area contributed by atoms with E-state index in [4.69, 9.17) is 11.5 Å². The van der Waals surface area contributed by atoms with E-state index in [1.807, 2.05) is 0 Å². The summed E-state index contributed by atoms with van der Waals surface area (Å²) in [5.74, 6) is 2.07. The number of thioether (sulfide) groups is 2. The van der Waals surface area contributed by atoms with E-state index in [1.54, 1.807) is 23.5 Å². The van der Waals surface area contributed by atoms with Gasteiger partial charge in [0.2, 0.25) is 0 Å². The summed E-state index contributed by atoms with van der Waals surface area (Å²) in [6.45, 7) is 6.04. The second-order valence-corrected chi connectivity index (χ2v) is 6.78. The summed E-state index contributed by atoms with van der Waals surface area (Å²) in [6, 6.07) is 0. The summed E-state index contributed by atoms with van der Waals surface area (Å²) in [5.41, 5.74) is 11.6. The lowest BCUT2D eigenvalue weighted by Crippen LogP contribution is -2.09. The second-order valence-electron chi connectivity index (χ2n) is 4.55. The molecule has 0 saturated carbocycles. The monoisotopic (exact) mass is 478 g/mol. The number of nitrogens with zero attached hydrogens (tertiary/aromatic N) is 2. The van der Waals surface area contributed by atoms with Crippen molar-refractivity contribution in [3.63, 3.8) is 0 Å². The van der Waals surface area contributed by atoms with Crippen LogP contribution in [0.25, 0.3) is 0 Å². The molecule has 0 heterocycles. The van der Waals surface area contributed by atoms with Crippen LogP contribution in [0, 0.1) is 0 Å². The Hall–Kier alpha value is 0.600. The Labute approximate surface area is 165 Å². The molecular formula is C14H32Br2N4S2. The Balaban J connectivity index is -0.00000180. The zero-order valence-electron chi connectivity index (χ0n) is 13.8. The maximum Gasteiger partial charge on any atom is 0.153 e. The Kier molecular flexibility index (Phi) is 26.9. The van der Waals surface area contributed by atoms with E-state index in [-0.39, 0.29) is 34.0 Å². The molecule has 8 heteroatoms. The minimum atomic E-state index is 0. The van der Waals surface area contributed by atoms with E-state index < -0.39 is 0 Å². The first-order valence-electron chi connectivity index (χ1n) is 7.56. The fraction of sp³-hybridized carbons (Fsp3) is 0.857. The molecule has 0 amide bonds. The predicted octanol–water partition coefficient (Wildman–Crippen LogP) is 4.62. The third kappa shape index (κ3) is 20.6. The highest BCUT2D eigenvalue weighted by Gasteiger charge is 1.97. The summed E-state index contributed by atoms with van der Waals surface area (Å²) >= 11 is 3.32. The molecule has 0 bridgehead atoms. The molecule has 0 saturated heterocycles. The maximum atomic E-state index is 5.81. The normalized spacial score (nSPS) is 11.7. The van der Waals surface area contributed by atoms with E-state index >= 15 is 0 Å². The zero-order valence-corrected chi connectivity index (χ0v) is 18.8. The van der Waals surface area contributed by atoms with Crippen LogP contribution >= 0.6 is 57.5 Å². The Bertz CT molecular complexity index is 262. The molecule has 0 aromatic heterocycles. The SMILES string of the molecule is Br.Br.CCCCN=C(N)SCCCCSC(N)=NCCCC. The standard InChI is InChI=1S/C14H30N4S2.2BrH/c1-3-5-9-17-13(15)19-11-7-8-12-20-14(16)18-10-6-4-2;;/h3-12H2,1-2H3,(H2,15,17)(H2,16,18);2*1H. The van der Waals surface area contributed by atoms with Gasteiger partial charge in [-0.15, -0.1) is 34.0 Å². The highest BCUT2D eigenvalue weighted by atomic mass is 79.9. The van der Waals surface area contributed by atoms with Crippen molar-refractivity contribution in [1.29, 1.82) is 0 Å². The first-order valence-corrected chi connectivity index (χ1v) is 9.53. The molecule has 0 atom stereocenters. The van der Waals surface area contributed by atoms with Crippen LogP contribution in [0.5, 0.6) is 0 Å². The van der Waals surface area contributed by atoms with Crippen LogP contribution in [0.15, 0.2) is 9.98 Å². The number of rotatable bonds is 11. The second kappa shape index (κ2) is 21.6. The maximum absolute atomic E-state index is 5.81. The molecule has 0 radical (unpaired) electrons. The highest BCUT2D eigenvalue weighted by molar-refractivity contribution is 8.93. The van der Waals surface area contributed by atoms with E-state index in [2.05, 4.69) is 23.8 Å². The number of nitrogens with two attached hydrogens (primary N) is 2. The van der Waals surface area contributed by atoms with Gasteiger partial charge < -0.3 is 11.5 Å². The lowest BCUT2D eigenvalue weighted by molar-refractivity contribution is 0.808. The van der Waals surface area contributed by atoms with Crippen molar-refractivity contribution in [3.8, 4) is 0 Å². The van der Waals surface area contributed by atoms with Crippen molar-refractivity contribution < 1.29 is 0 Å². The minimum absolute atomic E-state index is 0. The van der Waals surface area contributed by atoms with Gasteiger partial charge in [0.05, 0.1) is 0 Å². The quantitative estimate of drug-likeness (QED) is 0.257. The van der Waals surface area contributed by atoms with Crippen LogP contribution in [0.1, 0.15) is 52.4 Å². The Morgan fingerprint density at radius 3 is 1.41 bits per heavy atom. The summed E-state index contributed by atoms with van der Waals surface area (Å²) in [4.78, 5) is 8.63. The number of hydrogen-bond donors (Lipinski definition) is 2. The van der Waals surface area contributed by atoms with E-state index in [0.717, 1.165) is 60.6 Å². The molecule has 0 rings (SSSR count). The van der Waals surface area contributed by atoms with Crippen molar-refractivity contribution >= 4 is 67.8 Å². The molecule has 0 aromatic carbocycles. The van der Waals surface area contributed by atoms with Crippen LogP contribution in [0.3, 0.4) is 0 Å². The molecule has 0 aliphatic heterocycles. The average molecular weight is 480 g/mol.